The second-order valence-electron chi connectivity index (χ2n) is 7.76. The highest BCUT2D eigenvalue weighted by Crippen LogP contribution is 2.27. The van der Waals surface area contributed by atoms with Crippen LogP contribution in [0.5, 0.6) is 0 Å². The Bertz CT molecular complexity index is 785. The standard InChI is InChI=1S/C22H28N2O3/c1-15-11-18(22(3,4)5)12-16(2)19(15)8-10-24-20(25)14-27-21(26)17-7-6-9-23-13-17/h6-7,9,11-13H,8,10,14H2,1-5H3,(H,24,25). The number of pyridine rings is 1. The molecular formula is C22H28N2O3. The Hall–Kier alpha value is -2.69. The minimum atomic E-state index is -0.553. The highest BCUT2D eigenvalue weighted by atomic mass is 16.5. The van der Waals surface area contributed by atoms with Gasteiger partial charge in [-0.2, -0.15) is 0 Å². The second kappa shape index (κ2) is 8.80. The topological polar surface area (TPSA) is 68.3 Å². The Morgan fingerprint density at radius 3 is 2.37 bits per heavy atom. The molecule has 2 aromatic rings. The Morgan fingerprint density at radius 2 is 1.81 bits per heavy atom. The van der Waals surface area contributed by atoms with E-state index in [1.165, 1.54) is 28.5 Å². The number of ether oxygens (including phenoxy) is 1. The first-order valence-corrected chi connectivity index (χ1v) is 9.13. The average Bonchev–Trinajstić information content (AvgIpc) is 2.61. The van der Waals surface area contributed by atoms with Crippen molar-refractivity contribution < 1.29 is 14.3 Å². The van der Waals surface area contributed by atoms with Crippen molar-refractivity contribution in [2.45, 2.75) is 46.5 Å². The molecule has 1 heterocycles. The zero-order valence-electron chi connectivity index (χ0n) is 16.8. The molecule has 1 N–H and O–H groups in total. The number of amides is 1. The van der Waals surface area contributed by atoms with Crippen LogP contribution in [0.1, 0.15) is 53.4 Å². The lowest BCUT2D eigenvalue weighted by Crippen LogP contribution is -2.30. The van der Waals surface area contributed by atoms with E-state index in [-0.39, 0.29) is 17.9 Å². The first-order chi connectivity index (χ1) is 12.7. The molecule has 1 amide bonds. The van der Waals surface area contributed by atoms with Crippen LogP contribution in [0.2, 0.25) is 0 Å². The van der Waals surface area contributed by atoms with Crippen LogP contribution in [-0.2, 0) is 21.4 Å². The van der Waals surface area contributed by atoms with Gasteiger partial charge in [0.1, 0.15) is 0 Å². The number of aromatic nitrogens is 1. The Balaban J connectivity index is 1.84. The largest absolute Gasteiger partial charge is 0.452 e. The minimum Gasteiger partial charge on any atom is -0.452 e. The molecule has 5 heteroatoms. The molecule has 0 fully saturated rings. The molecular weight excluding hydrogens is 340 g/mol. The molecule has 2 rings (SSSR count). The molecule has 27 heavy (non-hydrogen) atoms. The molecule has 0 saturated heterocycles. The SMILES string of the molecule is Cc1cc(C(C)(C)C)cc(C)c1CCNC(=O)COC(=O)c1cccnc1. The van der Waals surface area contributed by atoms with Crippen molar-refractivity contribution >= 4 is 11.9 Å². The lowest BCUT2D eigenvalue weighted by molar-refractivity contribution is -0.124. The van der Waals surface area contributed by atoms with Crippen molar-refractivity contribution in [1.82, 2.24) is 10.3 Å². The maximum absolute atomic E-state index is 11.9. The molecule has 0 bridgehead atoms. The third kappa shape index (κ3) is 5.91. The van der Waals surface area contributed by atoms with Crippen molar-refractivity contribution in [1.29, 1.82) is 0 Å². The molecule has 1 aromatic heterocycles. The lowest BCUT2D eigenvalue weighted by Gasteiger charge is -2.22. The lowest BCUT2D eigenvalue weighted by atomic mass is 9.83. The van der Waals surface area contributed by atoms with Crippen LogP contribution in [0.25, 0.3) is 0 Å². The fraction of sp³-hybridized carbons (Fsp3) is 0.409. The molecule has 0 spiro atoms. The fourth-order valence-corrected chi connectivity index (χ4v) is 2.90. The van der Waals surface area contributed by atoms with Gasteiger partial charge in [-0.05, 0) is 60.1 Å². The van der Waals surface area contributed by atoms with E-state index >= 15 is 0 Å². The van der Waals surface area contributed by atoms with Gasteiger partial charge in [0.05, 0.1) is 5.56 Å². The van der Waals surface area contributed by atoms with Gasteiger partial charge in [-0.15, -0.1) is 0 Å². The number of hydrogen-bond acceptors (Lipinski definition) is 4. The summed E-state index contributed by atoms with van der Waals surface area (Å²) in [4.78, 5) is 27.6. The summed E-state index contributed by atoms with van der Waals surface area (Å²) in [6.07, 6.45) is 3.72. The number of benzene rings is 1. The van der Waals surface area contributed by atoms with Gasteiger partial charge in [0.2, 0.25) is 0 Å². The predicted molar refractivity (Wildman–Crippen MR) is 106 cm³/mol. The maximum Gasteiger partial charge on any atom is 0.340 e. The molecule has 0 unspecified atom stereocenters. The molecule has 5 nitrogen and oxygen atoms in total. The Labute approximate surface area is 161 Å². The number of hydrogen-bond donors (Lipinski definition) is 1. The number of nitrogens with one attached hydrogen (secondary N) is 1. The monoisotopic (exact) mass is 368 g/mol. The van der Waals surface area contributed by atoms with Crippen molar-refractivity contribution in [3.63, 3.8) is 0 Å². The van der Waals surface area contributed by atoms with E-state index in [4.69, 9.17) is 4.74 Å². The first-order valence-electron chi connectivity index (χ1n) is 9.13. The zero-order chi connectivity index (χ0) is 20.0. The normalized spacial score (nSPS) is 11.1. The van der Waals surface area contributed by atoms with Crippen LogP contribution < -0.4 is 5.32 Å². The molecule has 1 aromatic carbocycles. The molecule has 0 aliphatic heterocycles. The summed E-state index contributed by atoms with van der Waals surface area (Å²) >= 11 is 0. The third-order valence-corrected chi connectivity index (χ3v) is 4.49. The van der Waals surface area contributed by atoms with Gasteiger partial charge in [-0.25, -0.2) is 4.79 Å². The molecule has 0 atom stereocenters. The predicted octanol–water partition coefficient (Wildman–Crippen LogP) is 3.51. The summed E-state index contributed by atoms with van der Waals surface area (Å²) in [6, 6.07) is 7.69. The number of aryl methyl sites for hydroxylation is 2. The number of carbonyl (C=O) groups is 2. The van der Waals surface area contributed by atoms with Crippen molar-refractivity contribution in [3.05, 3.63) is 64.5 Å². The van der Waals surface area contributed by atoms with Crippen LogP contribution in [0.4, 0.5) is 0 Å². The van der Waals surface area contributed by atoms with Crippen LogP contribution in [0.3, 0.4) is 0 Å². The van der Waals surface area contributed by atoms with Crippen molar-refractivity contribution in [2.24, 2.45) is 0 Å². The highest BCUT2D eigenvalue weighted by molar-refractivity contribution is 5.90. The molecule has 144 valence electrons. The number of carbonyl (C=O) groups excluding carboxylic acids is 2. The van der Waals surface area contributed by atoms with E-state index in [0.29, 0.717) is 12.1 Å². The van der Waals surface area contributed by atoms with E-state index in [1.54, 1.807) is 18.3 Å². The highest BCUT2D eigenvalue weighted by Gasteiger charge is 2.16. The van der Waals surface area contributed by atoms with E-state index in [0.717, 1.165) is 6.42 Å². The summed E-state index contributed by atoms with van der Waals surface area (Å²) < 4.78 is 5.00. The number of rotatable bonds is 6. The summed E-state index contributed by atoms with van der Waals surface area (Å²) in [5, 5.41) is 2.81. The molecule has 0 aliphatic rings. The Morgan fingerprint density at radius 1 is 1.15 bits per heavy atom. The van der Waals surface area contributed by atoms with Gasteiger partial charge in [0, 0.05) is 18.9 Å². The van der Waals surface area contributed by atoms with E-state index < -0.39 is 5.97 Å². The quantitative estimate of drug-likeness (QED) is 0.792. The van der Waals surface area contributed by atoms with Crippen LogP contribution >= 0.6 is 0 Å². The van der Waals surface area contributed by atoms with Gasteiger partial charge >= 0.3 is 5.97 Å². The smallest absolute Gasteiger partial charge is 0.340 e. The third-order valence-electron chi connectivity index (χ3n) is 4.49. The summed E-state index contributed by atoms with van der Waals surface area (Å²) in [7, 11) is 0. The van der Waals surface area contributed by atoms with Crippen LogP contribution in [0, 0.1) is 13.8 Å². The summed E-state index contributed by atoms with van der Waals surface area (Å²) in [6.45, 7) is 11.0. The fourth-order valence-electron chi connectivity index (χ4n) is 2.90. The van der Waals surface area contributed by atoms with E-state index in [2.05, 4.69) is 57.1 Å². The zero-order valence-corrected chi connectivity index (χ0v) is 16.8. The molecule has 0 aliphatic carbocycles. The van der Waals surface area contributed by atoms with E-state index in [9.17, 15) is 9.59 Å². The van der Waals surface area contributed by atoms with Crippen LogP contribution in [0.15, 0.2) is 36.7 Å². The number of nitrogens with zero attached hydrogens (tertiary/aromatic N) is 1. The molecule has 0 saturated carbocycles. The minimum absolute atomic E-state index is 0.112. The van der Waals surface area contributed by atoms with Gasteiger partial charge in [0.25, 0.3) is 5.91 Å². The van der Waals surface area contributed by atoms with Gasteiger partial charge in [-0.1, -0.05) is 32.9 Å². The number of esters is 1. The van der Waals surface area contributed by atoms with Gasteiger partial charge in [-0.3, -0.25) is 9.78 Å². The first kappa shape index (κ1) is 20.6. The Kier molecular flexibility index (Phi) is 6.72. The van der Waals surface area contributed by atoms with Crippen molar-refractivity contribution in [2.75, 3.05) is 13.2 Å². The summed E-state index contributed by atoms with van der Waals surface area (Å²) in [5.74, 6) is -0.864. The van der Waals surface area contributed by atoms with E-state index in [1.807, 2.05) is 0 Å². The average molecular weight is 368 g/mol. The van der Waals surface area contributed by atoms with Gasteiger partial charge < -0.3 is 10.1 Å². The maximum atomic E-state index is 11.9. The van der Waals surface area contributed by atoms with Crippen molar-refractivity contribution in [3.8, 4) is 0 Å². The molecule has 0 radical (unpaired) electrons. The van der Waals surface area contributed by atoms with Gasteiger partial charge in [0.15, 0.2) is 6.61 Å². The second-order valence-corrected chi connectivity index (χ2v) is 7.76. The van der Waals surface area contributed by atoms with Crippen LogP contribution in [-0.4, -0.2) is 30.0 Å². The summed E-state index contributed by atoms with van der Waals surface area (Å²) in [5.41, 5.74) is 5.47.